The topological polar surface area (TPSA) is 17.1 Å². The Balaban J connectivity index is 1.98. The quantitative estimate of drug-likeness (QED) is 0.713. The molecular weight excluding hydrogens is 208 g/mol. The first-order valence-corrected chi connectivity index (χ1v) is 6.29. The van der Waals surface area contributed by atoms with Gasteiger partial charge in [-0.2, -0.15) is 0 Å². The van der Waals surface area contributed by atoms with Gasteiger partial charge in [0.1, 0.15) is 5.78 Å². The molecular formula is C16H16O. The molecule has 86 valence electrons. The Hall–Kier alpha value is -1.63. The average Bonchev–Trinajstić information content (AvgIpc) is 2.39. The highest BCUT2D eigenvalue weighted by Gasteiger charge is 2.37. The predicted octanol–water partition coefficient (Wildman–Crippen LogP) is 3.49. The van der Waals surface area contributed by atoms with Crippen molar-refractivity contribution in [2.75, 3.05) is 0 Å². The number of ketones is 1. The molecule has 1 saturated carbocycles. The van der Waals surface area contributed by atoms with Crippen molar-refractivity contribution in [1.82, 2.24) is 0 Å². The van der Waals surface area contributed by atoms with Crippen molar-refractivity contribution in [3.63, 3.8) is 0 Å². The SMILES string of the molecule is O=C1CCC2C=CC=CC2C1c1ccccc1. The maximum absolute atomic E-state index is 12.2. The van der Waals surface area contributed by atoms with E-state index >= 15 is 0 Å². The number of rotatable bonds is 1. The summed E-state index contributed by atoms with van der Waals surface area (Å²) in [6.45, 7) is 0. The lowest BCUT2D eigenvalue weighted by Crippen LogP contribution is -2.32. The van der Waals surface area contributed by atoms with E-state index in [-0.39, 0.29) is 5.92 Å². The van der Waals surface area contributed by atoms with Gasteiger partial charge in [0, 0.05) is 12.3 Å². The van der Waals surface area contributed by atoms with E-state index in [0.717, 1.165) is 12.8 Å². The standard InChI is InChI=1S/C16H16O/c17-15-11-10-12-6-4-5-9-14(12)16(15)13-7-2-1-3-8-13/h1-9,12,14,16H,10-11H2. The summed E-state index contributed by atoms with van der Waals surface area (Å²) in [5.41, 5.74) is 1.17. The van der Waals surface area contributed by atoms with E-state index in [1.807, 2.05) is 18.2 Å². The summed E-state index contributed by atoms with van der Waals surface area (Å²) in [4.78, 5) is 12.2. The molecule has 0 saturated heterocycles. The number of Topliss-reactive ketones (excluding diaryl/α,β-unsaturated/α-hetero) is 1. The van der Waals surface area contributed by atoms with Crippen molar-refractivity contribution in [3.05, 3.63) is 60.2 Å². The van der Waals surface area contributed by atoms with Crippen LogP contribution in [0.15, 0.2) is 54.6 Å². The maximum atomic E-state index is 12.2. The van der Waals surface area contributed by atoms with Crippen LogP contribution < -0.4 is 0 Å². The summed E-state index contributed by atoms with van der Waals surface area (Å²) < 4.78 is 0. The fourth-order valence-electron chi connectivity index (χ4n) is 3.06. The molecule has 3 unspecified atom stereocenters. The summed E-state index contributed by atoms with van der Waals surface area (Å²) in [7, 11) is 0. The van der Waals surface area contributed by atoms with Crippen molar-refractivity contribution in [2.24, 2.45) is 11.8 Å². The molecule has 0 aromatic heterocycles. The number of carbonyl (C=O) groups is 1. The molecule has 1 heteroatoms. The molecule has 3 atom stereocenters. The minimum Gasteiger partial charge on any atom is -0.299 e. The Kier molecular flexibility index (Phi) is 2.68. The van der Waals surface area contributed by atoms with Gasteiger partial charge in [0.25, 0.3) is 0 Å². The lowest BCUT2D eigenvalue weighted by molar-refractivity contribution is -0.123. The second-order valence-electron chi connectivity index (χ2n) is 4.90. The van der Waals surface area contributed by atoms with Crippen LogP contribution in [0.2, 0.25) is 0 Å². The van der Waals surface area contributed by atoms with Gasteiger partial charge in [0.2, 0.25) is 0 Å². The van der Waals surface area contributed by atoms with Crippen LogP contribution in [0.1, 0.15) is 24.3 Å². The van der Waals surface area contributed by atoms with Gasteiger partial charge in [-0.3, -0.25) is 4.79 Å². The van der Waals surface area contributed by atoms with Crippen molar-refractivity contribution in [3.8, 4) is 0 Å². The van der Waals surface area contributed by atoms with Crippen LogP contribution in [-0.2, 0) is 4.79 Å². The van der Waals surface area contributed by atoms with Crippen molar-refractivity contribution < 1.29 is 4.79 Å². The van der Waals surface area contributed by atoms with Crippen LogP contribution in [0.5, 0.6) is 0 Å². The van der Waals surface area contributed by atoms with Crippen molar-refractivity contribution >= 4 is 5.78 Å². The molecule has 2 aliphatic carbocycles. The summed E-state index contributed by atoms with van der Waals surface area (Å²) in [5, 5.41) is 0. The molecule has 2 aliphatic rings. The Bertz CT molecular complexity index is 470. The van der Waals surface area contributed by atoms with Gasteiger partial charge < -0.3 is 0 Å². The molecule has 17 heavy (non-hydrogen) atoms. The van der Waals surface area contributed by atoms with E-state index in [2.05, 4.69) is 36.4 Å². The first-order chi connectivity index (χ1) is 8.36. The van der Waals surface area contributed by atoms with Crippen molar-refractivity contribution in [1.29, 1.82) is 0 Å². The first kappa shape index (κ1) is 10.5. The fourth-order valence-corrected chi connectivity index (χ4v) is 3.06. The van der Waals surface area contributed by atoms with E-state index in [4.69, 9.17) is 0 Å². The van der Waals surface area contributed by atoms with Crippen LogP contribution >= 0.6 is 0 Å². The Labute approximate surface area is 102 Å². The molecule has 0 spiro atoms. The zero-order valence-electron chi connectivity index (χ0n) is 9.75. The van der Waals surface area contributed by atoms with Gasteiger partial charge >= 0.3 is 0 Å². The second kappa shape index (κ2) is 4.33. The summed E-state index contributed by atoms with van der Waals surface area (Å²) in [6.07, 6.45) is 10.4. The lowest BCUT2D eigenvalue weighted by Gasteiger charge is -2.35. The van der Waals surface area contributed by atoms with Crippen molar-refractivity contribution in [2.45, 2.75) is 18.8 Å². The van der Waals surface area contributed by atoms with Crippen LogP contribution in [0.25, 0.3) is 0 Å². The predicted molar refractivity (Wildman–Crippen MR) is 68.7 cm³/mol. The third-order valence-electron chi connectivity index (χ3n) is 3.91. The smallest absolute Gasteiger partial charge is 0.140 e. The van der Waals surface area contributed by atoms with Crippen LogP contribution in [0, 0.1) is 11.8 Å². The molecule has 1 aromatic carbocycles. The van der Waals surface area contributed by atoms with Gasteiger partial charge in [-0.15, -0.1) is 0 Å². The molecule has 3 rings (SSSR count). The highest BCUT2D eigenvalue weighted by atomic mass is 16.1. The summed E-state index contributed by atoms with van der Waals surface area (Å²) >= 11 is 0. The summed E-state index contributed by atoms with van der Waals surface area (Å²) in [5.74, 6) is 1.38. The molecule has 0 aliphatic heterocycles. The average molecular weight is 224 g/mol. The van der Waals surface area contributed by atoms with Crippen LogP contribution in [0.4, 0.5) is 0 Å². The molecule has 0 amide bonds. The normalized spacial score (nSPS) is 31.3. The van der Waals surface area contributed by atoms with Gasteiger partial charge in [0.05, 0.1) is 0 Å². The minimum absolute atomic E-state index is 0.0659. The van der Waals surface area contributed by atoms with Gasteiger partial charge in [-0.25, -0.2) is 0 Å². The number of benzene rings is 1. The Morgan fingerprint density at radius 2 is 1.76 bits per heavy atom. The van der Waals surface area contributed by atoms with Crippen LogP contribution in [-0.4, -0.2) is 5.78 Å². The summed E-state index contributed by atoms with van der Waals surface area (Å²) in [6, 6.07) is 10.2. The third kappa shape index (κ3) is 1.86. The molecule has 1 aromatic rings. The first-order valence-electron chi connectivity index (χ1n) is 6.29. The van der Waals surface area contributed by atoms with Gasteiger partial charge in [-0.1, -0.05) is 54.6 Å². The zero-order chi connectivity index (χ0) is 11.7. The largest absolute Gasteiger partial charge is 0.299 e. The fraction of sp³-hybridized carbons (Fsp3) is 0.312. The number of carbonyl (C=O) groups excluding carboxylic acids is 1. The minimum atomic E-state index is 0.0659. The monoisotopic (exact) mass is 224 g/mol. The highest BCUT2D eigenvalue weighted by Crippen LogP contribution is 2.41. The van der Waals surface area contributed by atoms with Gasteiger partial charge in [-0.05, 0) is 23.8 Å². The zero-order valence-corrected chi connectivity index (χ0v) is 9.75. The number of fused-ring (bicyclic) bond motifs is 1. The molecule has 0 N–H and O–H groups in total. The number of allylic oxidation sites excluding steroid dienone is 4. The third-order valence-corrected chi connectivity index (χ3v) is 3.91. The second-order valence-corrected chi connectivity index (χ2v) is 4.90. The van der Waals surface area contributed by atoms with E-state index < -0.39 is 0 Å². The molecule has 1 fully saturated rings. The Morgan fingerprint density at radius 3 is 2.59 bits per heavy atom. The molecule has 1 nitrogen and oxygen atoms in total. The number of hydrogen-bond donors (Lipinski definition) is 0. The number of hydrogen-bond acceptors (Lipinski definition) is 1. The van der Waals surface area contributed by atoms with E-state index in [0.29, 0.717) is 17.6 Å². The maximum Gasteiger partial charge on any atom is 0.140 e. The van der Waals surface area contributed by atoms with E-state index in [1.54, 1.807) is 0 Å². The van der Waals surface area contributed by atoms with E-state index in [1.165, 1.54) is 5.56 Å². The van der Waals surface area contributed by atoms with Crippen LogP contribution in [0.3, 0.4) is 0 Å². The van der Waals surface area contributed by atoms with E-state index in [9.17, 15) is 4.79 Å². The molecule has 0 bridgehead atoms. The highest BCUT2D eigenvalue weighted by molar-refractivity contribution is 5.87. The Morgan fingerprint density at radius 1 is 1.00 bits per heavy atom. The lowest BCUT2D eigenvalue weighted by atomic mass is 9.67. The molecule has 0 heterocycles. The van der Waals surface area contributed by atoms with Gasteiger partial charge in [0.15, 0.2) is 0 Å². The molecule has 0 radical (unpaired) electrons.